The lowest BCUT2D eigenvalue weighted by Gasteiger charge is -2.40. The Morgan fingerprint density at radius 3 is 2.44 bits per heavy atom. The van der Waals surface area contributed by atoms with Crippen molar-refractivity contribution in [2.45, 2.75) is 18.4 Å². The van der Waals surface area contributed by atoms with E-state index in [0.717, 1.165) is 0 Å². The van der Waals surface area contributed by atoms with Gasteiger partial charge in [-0.15, -0.1) is 0 Å². The van der Waals surface area contributed by atoms with Crippen molar-refractivity contribution in [1.82, 2.24) is 9.80 Å². The molecule has 2 aliphatic heterocycles. The van der Waals surface area contributed by atoms with Gasteiger partial charge in [0.25, 0.3) is 0 Å². The van der Waals surface area contributed by atoms with Gasteiger partial charge in [-0.2, -0.15) is 0 Å². The Morgan fingerprint density at radius 1 is 1.38 bits per heavy atom. The molecule has 0 saturated carbocycles. The van der Waals surface area contributed by atoms with E-state index in [2.05, 4.69) is 0 Å². The summed E-state index contributed by atoms with van der Waals surface area (Å²) in [6.45, 7) is 1.88. The second-order valence-electron chi connectivity index (χ2n) is 4.30. The number of aliphatic carboxylic acids is 1. The molecule has 0 atom stereocenters. The number of ether oxygens (including phenoxy) is 1. The molecule has 90 valence electrons. The molecule has 2 aliphatic rings. The predicted molar refractivity (Wildman–Crippen MR) is 55.2 cm³/mol. The zero-order valence-corrected chi connectivity index (χ0v) is 9.31. The zero-order valence-electron chi connectivity index (χ0n) is 9.31. The van der Waals surface area contributed by atoms with E-state index in [0.29, 0.717) is 39.1 Å². The molecule has 2 heterocycles. The summed E-state index contributed by atoms with van der Waals surface area (Å²) in [5.41, 5.74) is -1.06. The maximum atomic E-state index is 11.9. The molecule has 2 rings (SSSR count). The van der Waals surface area contributed by atoms with E-state index in [1.165, 1.54) is 4.90 Å². The highest BCUT2D eigenvalue weighted by molar-refractivity contribution is 5.87. The average Bonchev–Trinajstić information content (AvgIpc) is 2.61. The van der Waals surface area contributed by atoms with Crippen LogP contribution >= 0.6 is 0 Å². The average molecular weight is 228 g/mol. The molecule has 0 unspecified atom stereocenters. The molecule has 16 heavy (non-hydrogen) atoms. The van der Waals surface area contributed by atoms with Gasteiger partial charge >= 0.3 is 12.0 Å². The van der Waals surface area contributed by atoms with Gasteiger partial charge in [-0.1, -0.05) is 0 Å². The second-order valence-corrected chi connectivity index (χ2v) is 4.30. The molecule has 2 amide bonds. The maximum Gasteiger partial charge on any atom is 0.329 e. The fraction of sp³-hybridized carbons (Fsp3) is 0.800. The van der Waals surface area contributed by atoms with Gasteiger partial charge in [0.05, 0.1) is 0 Å². The Hall–Kier alpha value is -1.30. The van der Waals surface area contributed by atoms with E-state index >= 15 is 0 Å². The monoisotopic (exact) mass is 228 g/mol. The Morgan fingerprint density at radius 2 is 2.00 bits per heavy atom. The summed E-state index contributed by atoms with van der Waals surface area (Å²) in [6, 6.07) is -0.190. The van der Waals surface area contributed by atoms with Gasteiger partial charge in [0, 0.05) is 46.2 Å². The van der Waals surface area contributed by atoms with Crippen molar-refractivity contribution < 1.29 is 19.4 Å². The summed E-state index contributed by atoms with van der Waals surface area (Å²) in [4.78, 5) is 26.3. The van der Waals surface area contributed by atoms with Crippen LogP contribution in [0, 0.1) is 0 Å². The number of carbonyl (C=O) groups excluding carboxylic acids is 1. The quantitative estimate of drug-likeness (QED) is 0.721. The summed E-state index contributed by atoms with van der Waals surface area (Å²) in [5, 5.41) is 9.39. The number of hydrogen-bond acceptors (Lipinski definition) is 3. The summed E-state index contributed by atoms with van der Waals surface area (Å²) in [6.07, 6.45) is 0.754. The van der Waals surface area contributed by atoms with Gasteiger partial charge in [-0.25, -0.2) is 9.59 Å². The van der Waals surface area contributed by atoms with Gasteiger partial charge in [-0.3, -0.25) is 0 Å². The Bertz CT molecular complexity index is 312. The Labute approximate surface area is 93.8 Å². The minimum absolute atomic E-state index is 0.190. The molecule has 0 aliphatic carbocycles. The molecule has 1 N–H and O–H groups in total. The van der Waals surface area contributed by atoms with Crippen LogP contribution < -0.4 is 0 Å². The molecule has 2 fully saturated rings. The number of rotatable bonds is 2. The van der Waals surface area contributed by atoms with E-state index in [1.54, 1.807) is 11.9 Å². The Kier molecular flexibility index (Phi) is 2.75. The predicted octanol–water partition coefficient (Wildman–Crippen LogP) is -0.0124. The first kappa shape index (κ1) is 11.2. The maximum absolute atomic E-state index is 11.9. The first-order valence-electron chi connectivity index (χ1n) is 5.42. The number of nitrogens with zero attached hydrogens (tertiary/aromatic N) is 2. The third-order valence-electron chi connectivity index (χ3n) is 3.45. The number of carboxylic acid groups (broad SMARTS) is 1. The summed E-state index contributed by atoms with van der Waals surface area (Å²) in [5.74, 6) is -0.917. The SMILES string of the molecule is CN1CCN(C2(C(=O)O)CCOCC2)C1=O. The van der Waals surface area contributed by atoms with Crippen LogP contribution in [0.1, 0.15) is 12.8 Å². The van der Waals surface area contributed by atoms with Crippen LogP contribution in [0.4, 0.5) is 4.79 Å². The molecule has 2 saturated heterocycles. The van der Waals surface area contributed by atoms with Crippen molar-refractivity contribution in [3.63, 3.8) is 0 Å². The highest BCUT2D eigenvalue weighted by atomic mass is 16.5. The van der Waals surface area contributed by atoms with Crippen molar-refractivity contribution in [1.29, 1.82) is 0 Å². The number of urea groups is 1. The highest BCUT2D eigenvalue weighted by Gasteiger charge is 2.50. The standard InChI is InChI=1S/C10H16N2O4/c1-11-4-5-12(9(11)15)10(8(13)14)2-6-16-7-3-10/h2-7H2,1H3,(H,13,14). The third-order valence-corrected chi connectivity index (χ3v) is 3.45. The highest BCUT2D eigenvalue weighted by Crippen LogP contribution is 2.31. The smallest absolute Gasteiger partial charge is 0.329 e. The Balaban J connectivity index is 2.25. The summed E-state index contributed by atoms with van der Waals surface area (Å²) >= 11 is 0. The number of carbonyl (C=O) groups is 2. The lowest BCUT2D eigenvalue weighted by atomic mass is 9.88. The van der Waals surface area contributed by atoms with Crippen molar-refractivity contribution >= 4 is 12.0 Å². The van der Waals surface area contributed by atoms with Crippen LogP contribution in [0.2, 0.25) is 0 Å². The van der Waals surface area contributed by atoms with Crippen molar-refractivity contribution in [3.8, 4) is 0 Å². The molecule has 6 heteroatoms. The second kappa shape index (κ2) is 3.93. The molecular weight excluding hydrogens is 212 g/mol. The van der Waals surface area contributed by atoms with Crippen molar-refractivity contribution in [2.24, 2.45) is 0 Å². The van der Waals surface area contributed by atoms with Crippen LogP contribution in [0.5, 0.6) is 0 Å². The number of hydrogen-bond donors (Lipinski definition) is 1. The molecule has 0 aromatic carbocycles. The lowest BCUT2D eigenvalue weighted by Crippen LogP contribution is -2.58. The topological polar surface area (TPSA) is 70.1 Å². The molecule has 0 aromatic rings. The molecule has 0 spiro atoms. The number of likely N-dealkylation sites (N-methyl/N-ethyl adjacent to an activating group) is 1. The van der Waals surface area contributed by atoms with Gasteiger partial charge < -0.3 is 19.6 Å². The molecular formula is C10H16N2O4. The van der Waals surface area contributed by atoms with E-state index in [9.17, 15) is 14.7 Å². The summed E-state index contributed by atoms with van der Waals surface area (Å²) in [7, 11) is 1.69. The van der Waals surface area contributed by atoms with E-state index in [4.69, 9.17) is 4.74 Å². The third kappa shape index (κ3) is 1.53. The summed E-state index contributed by atoms with van der Waals surface area (Å²) < 4.78 is 5.18. The number of amides is 2. The van der Waals surface area contributed by atoms with E-state index in [-0.39, 0.29) is 6.03 Å². The molecule has 0 bridgehead atoms. The zero-order chi connectivity index (χ0) is 11.8. The van der Waals surface area contributed by atoms with Crippen LogP contribution in [0.15, 0.2) is 0 Å². The minimum Gasteiger partial charge on any atom is -0.479 e. The molecule has 0 aromatic heterocycles. The van der Waals surface area contributed by atoms with Crippen LogP contribution in [-0.4, -0.2) is 65.8 Å². The molecule has 0 radical (unpaired) electrons. The molecule has 6 nitrogen and oxygen atoms in total. The largest absolute Gasteiger partial charge is 0.479 e. The van der Waals surface area contributed by atoms with E-state index < -0.39 is 11.5 Å². The normalized spacial score (nSPS) is 24.9. The van der Waals surface area contributed by atoms with Gasteiger partial charge in [-0.05, 0) is 0 Å². The van der Waals surface area contributed by atoms with Crippen LogP contribution in [0.25, 0.3) is 0 Å². The first-order valence-corrected chi connectivity index (χ1v) is 5.42. The van der Waals surface area contributed by atoms with Gasteiger partial charge in [0.15, 0.2) is 0 Å². The fourth-order valence-electron chi connectivity index (χ4n) is 2.35. The fourth-order valence-corrected chi connectivity index (χ4v) is 2.35. The number of carboxylic acids is 1. The van der Waals surface area contributed by atoms with Gasteiger partial charge in [0.1, 0.15) is 5.54 Å². The lowest BCUT2D eigenvalue weighted by molar-refractivity contribution is -0.155. The van der Waals surface area contributed by atoms with Crippen molar-refractivity contribution in [3.05, 3.63) is 0 Å². The first-order chi connectivity index (χ1) is 7.58. The van der Waals surface area contributed by atoms with Crippen molar-refractivity contribution in [2.75, 3.05) is 33.4 Å². The minimum atomic E-state index is -1.06. The van der Waals surface area contributed by atoms with Gasteiger partial charge in [0.2, 0.25) is 0 Å². The van der Waals surface area contributed by atoms with E-state index in [1.807, 2.05) is 0 Å². The van der Waals surface area contributed by atoms with Crippen LogP contribution in [-0.2, 0) is 9.53 Å². The van der Waals surface area contributed by atoms with Crippen LogP contribution in [0.3, 0.4) is 0 Å².